The van der Waals surface area contributed by atoms with Gasteiger partial charge in [0.25, 0.3) is 0 Å². The fraction of sp³-hybridized carbons (Fsp3) is 0.214. The van der Waals surface area contributed by atoms with Crippen molar-refractivity contribution < 1.29 is 4.74 Å². The van der Waals surface area contributed by atoms with E-state index in [9.17, 15) is 0 Å². The molecule has 0 spiro atoms. The molecule has 20 heavy (non-hydrogen) atoms. The minimum absolute atomic E-state index is 0.104. The SMILES string of the molecule is COc1ccc(C(N)=S)c(NC(C)c2ccc(Cl)s2)c1. The summed E-state index contributed by atoms with van der Waals surface area (Å²) in [7, 11) is 1.63. The number of ether oxygens (including phenoxy) is 1. The summed E-state index contributed by atoms with van der Waals surface area (Å²) in [4.78, 5) is 1.50. The second-order valence-electron chi connectivity index (χ2n) is 4.28. The molecular formula is C14H15ClN2OS2. The maximum absolute atomic E-state index is 5.97. The quantitative estimate of drug-likeness (QED) is 0.808. The highest BCUT2D eigenvalue weighted by molar-refractivity contribution is 7.80. The van der Waals surface area contributed by atoms with Gasteiger partial charge in [0.2, 0.25) is 0 Å². The Labute approximate surface area is 132 Å². The minimum atomic E-state index is 0.104. The molecular weight excluding hydrogens is 312 g/mol. The van der Waals surface area contributed by atoms with Gasteiger partial charge in [0, 0.05) is 22.2 Å². The number of hydrogen-bond acceptors (Lipinski definition) is 4. The molecule has 2 aromatic rings. The normalized spacial score (nSPS) is 11.9. The van der Waals surface area contributed by atoms with Crippen molar-refractivity contribution in [3.63, 3.8) is 0 Å². The fourth-order valence-electron chi connectivity index (χ4n) is 1.85. The number of thiocarbonyl (C=S) groups is 1. The standard InChI is InChI=1S/C14H15ClN2OS2/c1-8(12-5-6-13(15)20-12)17-11-7-9(18-2)3-4-10(11)14(16)19/h3-8,17H,1-2H3,(H2,16,19). The monoisotopic (exact) mass is 326 g/mol. The molecule has 0 saturated carbocycles. The van der Waals surface area contributed by atoms with E-state index >= 15 is 0 Å². The van der Waals surface area contributed by atoms with Crippen molar-refractivity contribution in [3.8, 4) is 5.75 Å². The maximum Gasteiger partial charge on any atom is 0.120 e. The maximum atomic E-state index is 5.97. The Bertz CT molecular complexity index is 627. The Kier molecular flexibility index (Phi) is 4.86. The molecule has 0 bridgehead atoms. The van der Waals surface area contributed by atoms with E-state index in [0.29, 0.717) is 4.99 Å². The zero-order valence-electron chi connectivity index (χ0n) is 11.1. The number of thiophene rings is 1. The van der Waals surface area contributed by atoms with Gasteiger partial charge in [-0.1, -0.05) is 23.8 Å². The molecule has 0 radical (unpaired) electrons. The molecule has 1 atom stereocenters. The van der Waals surface area contributed by atoms with Crippen LogP contribution in [-0.4, -0.2) is 12.1 Å². The van der Waals surface area contributed by atoms with E-state index in [1.807, 2.05) is 30.3 Å². The molecule has 3 N–H and O–H groups in total. The molecule has 2 rings (SSSR count). The van der Waals surface area contributed by atoms with Gasteiger partial charge in [0.05, 0.1) is 17.5 Å². The van der Waals surface area contributed by atoms with E-state index in [4.69, 9.17) is 34.3 Å². The van der Waals surface area contributed by atoms with Crippen LogP contribution in [-0.2, 0) is 0 Å². The summed E-state index contributed by atoms with van der Waals surface area (Å²) in [5, 5.41) is 3.40. The summed E-state index contributed by atoms with van der Waals surface area (Å²) in [6.45, 7) is 2.06. The van der Waals surface area contributed by atoms with Crippen molar-refractivity contribution in [2.75, 3.05) is 12.4 Å². The Hall–Kier alpha value is -1.30. The van der Waals surface area contributed by atoms with Crippen LogP contribution in [0, 0.1) is 0 Å². The topological polar surface area (TPSA) is 47.3 Å². The number of halogens is 1. The van der Waals surface area contributed by atoms with Gasteiger partial charge in [-0.3, -0.25) is 0 Å². The molecule has 1 heterocycles. The third-order valence-electron chi connectivity index (χ3n) is 2.88. The van der Waals surface area contributed by atoms with Crippen LogP contribution >= 0.6 is 35.2 Å². The Balaban J connectivity index is 2.29. The average Bonchev–Trinajstić information content (AvgIpc) is 2.85. The van der Waals surface area contributed by atoms with Crippen LogP contribution < -0.4 is 15.8 Å². The first-order valence-corrected chi connectivity index (χ1v) is 7.61. The molecule has 1 aromatic heterocycles. The largest absolute Gasteiger partial charge is 0.497 e. The molecule has 0 fully saturated rings. The Morgan fingerprint density at radius 2 is 2.15 bits per heavy atom. The summed E-state index contributed by atoms with van der Waals surface area (Å²) >= 11 is 12.6. The molecule has 0 aliphatic carbocycles. The highest BCUT2D eigenvalue weighted by Crippen LogP contribution is 2.31. The van der Waals surface area contributed by atoms with Crippen molar-refractivity contribution in [3.05, 3.63) is 45.1 Å². The average molecular weight is 327 g/mol. The van der Waals surface area contributed by atoms with Gasteiger partial charge >= 0.3 is 0 Å². The first kappa shape index (κ1) is 15.1. The van der Waals surface area contributed by atoms with Crippen LogP contribution in [0.2, 0.25) is 4.34 Å². The van der Waals surface area contributed by atoms with Gasteiger partial charge in [-0.25, -0.2) is 0 Å². The Morgan fingerprint density at radius 3 is 2.70 bits per heavy atom. The third-order valence-corrected chi connectivity index (χ3v) is 4.52. The smallest absolute Gasteiger partial charge is 0.120 e. The molecule has 1 aromatic carbocycles. The second-order valence-corrected chi connectivity index (χ2v) is 6.47. The van der Waals surface area contributed by atoms with E-state index in [1.165, 1.54) is 0 Å². The summed E-state index contributed by atoms with van der Waals surface area (Å²) in [5.41, 5.74) is 7.41. The molecule has 6 heteroatoms. The lowest BCUT2D eigenvalue weighted by molar-refractivity contribution is 0.415. The highest BCUT2D eigenvalue weighted by Gasteiger charge is 2.12. The lowest BCUT2D eigenvalue weighted by Crippen LogP contribution is -2.14. The number of methoxy groups -OCH3 is 1. The van der Waals surface area contributed by atoms with Crippen molar-refractivity contribution in [1.82, 2.24) is 0 Å². The zero-order chi connectivity index (χ0) is 14.7. The third kappa shape index (κ3) is 3.42. The summed E-state index contributed by atoms with van der Waals surface area (Å²) < 4.78 is 6.01. The fourth-order valence-corrected chi connectivity index (χ4v) is 3.09. The van der Waals surface area contributed by atoms with Crippen molar-refractivity contribution in [2.24, 2.45) is 5.73 Å². The number of nitrogens with two attached hydrogens (primary N) is 1. The van der Waals surface area contributed by atoms with Crippen LogP contribution in [0.5, 0.6) is 5.75 Å². The van der Waals surface area contributed by atoms with Crippen LogP contribution in [0.3, 0.4) is 0 Å². The predicted molar refractivity (Wildman–Crippen MR) is 90.2 cm³/mol. The predicted octanol–water partition coefficient (Wildman–Crippen LogP) is 4.22. The van der Waals surface area contributed by atoms with E-state index in [0.717, 1.165) is 26.2 Å². The molecule has 106 valence electrons. The van der Waals surface area contributed by atoms with E-state index in [1.54, 1.807) is 18.4 Å². The first-order valence-electron chi connectivity index (χ1n) is 6.01. The number of benzene rings is 1. The molecule has 0 saturated heterocycles. The minimum Gasteiger partial charge on any atom is -0.497 e. The lowest BCUT2D eigenvalue weighted by Gasteiger charge is -2.17. The zero-order valence-corrected chi connectivity index (χ0v) is 13.5. The van der Waals surface area contributed by atoms with Crippen LogP contribution in [0.4, 0.5) is 5.69 Å². The van der Waals surface area contributed by atoms with Crippen molar-refractivity contribution in [1.29, 1.82) is 0 Å². The summed E-state index contributed by atoms with van der Waals surface area (Å²) in [6, 6.07) is 9.59. The van der Waals surface area contributed by atoms with Crippen LogP contribution in [0.25, 0.3) is 0 Å². The van der Waals surface area contributed by atoms with Gasteiger partial charge in [0.1, 0.15) is 10.7 Å². The summed E-state index contributed by atoms with van der Waals surface area (Å²) in [6.07, 6.45) is 0. The molecule has 0 aliphatic heterocycles. The van der Waals surface area contributed by atoms with E-state index in [2.05, 4.69) is 12.2 Å². The van der Waals surface area contributed by atoms with Gasteiger partial charge in [-0.05, 0) is 31.2 Å². The van der Waals surface area contributed by atoms with Gasteiger partial charge in [0.15, 0.2) is 0 Å². The molecule has 0 amide bonds. The number of rotatable bonds is 5. The first-order chi connectivity index (χ1) is 9.51. The van der Waals surface area contributed by atoms with Gasteiger partial charge in [-0.15, -0.1) is 11.3 Å². The molecule has 3 nitrogen and oxygen atoms in total. The van der Waals surface area contributed by atoms with Gasteiger partial charge in [-0.2, -0.15) is 0 Å². The number of hydrogen-bond donors (Lipinski definition) is 2. The number of nitrogens with one attached hydrogen (secondary N) is 1. The highest BCUT2D eigenvalue weighted by atomic mass is 35.5. The van der Waals surface area contributed by atoms with E-state index in [-0.39, 0.29) is 6.04 Å². The molecule has 1 unspecified atom stereocenters. The van der Waals surface area contributed by atoms with Crippen LogP contribution in [0.1, 0.15) is 23.4 Å². The molecule has 0 aliphatic rings. The van der Waals surface area contributed by atoms with Crippen molar-refractivity contribution in [2.45, 2.75) is 13.0 Å². The second kappa shape index (κ2) is 6.43. The lowest BCUT2D eigenvalue weighted by atomic mass is 10.1. The van der Waals surface area contributed by atoms with Crippen molar-refractivity contribution >= 4 is 45.8 Å². The summed E-state index contributed by atoms with van der Waals surface area (Å²) in [5.74, 6) is 0.754. The number of anilines is 1. The van der Waals surface area contributed by atoms with Crippen LogP contribution in [0.15, 0.2) is 30.3 Å². The Morgan fingerprint density at radius 1 is 1.40 bits per heavy atom. The van der Waals surface area contributed by atoms with Gasteiger partial charge < -0.3 is 15.8 Å². The van der Waals surface area contributed by atoms with E-state index < -0.39 is 0 Å².